The van der Waals surface area contributed by atoms with Crippen LogP contribution in [0.15, 0.2) is 41.1 Å². The molecule has 1 heterocycles. The second-order valence-electron chi connectivity index (χ2n) is 4.85. The van der Waals surface area contributed by atoms with Crippen molar-refractivity contribution in [2.45, 2.75) is 26.5 Å². The number of nitrogens with zero attached hydrogens (tertiary/aromatic N) is 1. The van der Waals surface area contributed by atoms with Crippen molar-refractivity contribution in [3.8, 4) is 5.75 Å². The summed E-state index contributed by atoms with van der Waals surface area (Å²) in [7, 11) is 1.95. The standard InChI is InChI=1S/C16H19BrN2O/c1-11-4-5-15(12(2)18-3)16(6-11)20-10-13-7-14(17)9-19-8-13/h4-9,12,18H,10H2,1-3H3. The predicted molar refractivity (Wildman–Crippen MR) is 84.9 cm³/mol. The van der Waals surface area contributed by atoms with E-state index in [0.29, 0.717) is 6.61 Å². The van der Waals surface area contributed by atoms with Gasteiger partial charge in [0.2, 0.25) is 0 Å². The van der Waals surface area contributed by atoms with Gasteiger partial charge in [-0.15, -0.1) is 0 Å². The summed E-state index contributed by atoms with van der Waals surface area (Å²) in [6, 6.07) is 8.58. The van der Waals surface area contributed by atoms with Gasteiger partial charge in [-0.25, -0.2) is 0 Å². The highest BCUT2D eigenvalue weighted by Crippen LogP contribution is 2.27. The van der Waals surface area contributed by atoms with Crippen molar-refractivity contribution in [2.75, 3.05) is 7.05 Å². The van der Waals surface area contributed by atoms with Crippen molar-refractivity contribution in [3.05, 3.63) is 57.8 Å². The van der Waals surface area contributed by atoms with E-state index < -0.39 is 0 Å². The number of halogens is 1. The van der Waals surface area contributed by atoms with E-state index in [4.69, 9.17) is 4.74 Å². The zero-order valence-corrected chi connectivity index (χ0v) is 13.6. The van der Waals surface area contributed by atoms with Crippen molar-refractivity contribution in [1.29, 1.82) is 0 Å². The van der Waals surface area contributed by atoms with E-state index in [0.717, 1.165) is 15.8 Å². The molecule has 1 unspecified atom stereocenters. The molecule has 0 bridgehead atoms. The fraction of sp³-hybridized carbons (Fsp3) is 0.312. The van der Waals surface area contributed by atoms with Crippen LogP contribution in [0.1, 0.15) is 29.7 Å². The van der Waals surface area contributed by atoms with Gasteiger partial charge >= 0.3 is 0 Å². The van der Waals surface area contributed by atoms with E-state index in [1.165, 1.54) is 11.1 Å². The van der Waals surface area contributed by atoms with Crippen LogP contribution in [-0.2, 0) is 6.61 Å². The molecule has 4 heteroatoms. The Hall–Kier alpha value is -1.39. The summed E-state index contributed by atoms with van der Waals surface area (Å²) in [6.45, 7) is 4.71. The van der Waals surface area contributed by atoms with Crippen LogP contribution in [0, 0.1) is 6.92 Å². The van der Waals surface area contributed by atoms with Crippen LogP contribution in [0.25, 0.3) is 0 Å². The van der Waals surface area contributed by atoms with Gasteiger partial charge in [0.1, 0.15) is 12.4 Å². The Kier molecular flexibility index (Phi) is 5.15. The van der Waals surface area contributed by atoms with Crippen molar-refractivity contribution in [1.82, 2.24) is 10.3 Å². The molecular weight excluding hydrogens is 316 g/mol. The van der Waals surface area contributed by atoms with Gasteiger partial charge < -0.3 is 10.1 Å². The number of nitrogens with one attached hydrogen (secondary N) is 1. The molecule has 0 fully saturated rings. The van der Waals surface area contributed by atoms with Gasteiger partial charge in [-0.05, 0) is 54.5 Å². The Labute approximate surface area is 128 Å². The van der Waals surface area contributed by atoms with E-state index in [-0.39, 0.29) is 6.04 Å². The highest BCUT2D eigenvalue weighted by Gasteiger charge is 2.10. The molecule has 20 heavy (non-hydrogen) atoms. The van der Waals surface area contributed by atoms with E-state index >= 15 is 0 Å². The molecular formula is C16H19BrN2O. The lowest BCUT2D eigenvalue weighted by Crippen LogP contribution is -2.14. The molecule has 0 saturated heterocycles. The number of aromatic nitrogens is 1. The largest absolute Gasteiger partial charge is 0.488 e. The number of benzene rings is 1. The third kappa shape index (κ3) is 3.81. The smallest absolute Gasteiger partial charge is 0.124 e. The first-order valence-electron chi connectivity index (χ1n) is 6.60. The minimum atomic E-state index is 0.256. The molecule has 0 radical (unpaired) electrons. The number of hydrogen-bond acceptors (Lipinski definition) is 3. The summed E-state index contributed by atoms with van der Waals surface area (Å²) in [6.07, 6.45) is 3.59. The van der Waals surface area contributed by atoms with Crippen LogP contribution >= 0.6 is 15.9 Å². The van der Waals surface area contributed by atoms with Gasteiger partial charge in [-0.1, -0.05) is 12.1 Å². The highest BCUT2D eigenvalue weighted by molar-refractivity contribution is 9.10. The molecule has 2 aromatic rings. The SMILES string of the molecule is CNC(C)c1ccc(C)cc1OCc1cncc(Br)c1. The van der Waals surface area contributed by atoms with Gasteiger partial charge in [0.05, 0.1) is 0 Å². The molecule has 0 spiro atoms. The van der Waals surface area contributed by atoms with Crippen molar-refractivity contribution in [3.63, 3.8) is 0 Å². The minimum Gasteiger partial charge on any atom is -0.488 e. The molecule has 1 aromatic heterocycles. The lowest BCUT2D eigenvalue weighted by molar-refractivity contribution is 0.299. The Bertz CT molecular complexity index is 586. The molecule has 0 amide bonds. The average molecular weight is 335 g/mol. The Morgan fingerprint density at radius 3 is 2.80 bits per heavy atom. The number of aryl methyl sites for hydroxylation is 1. The highest BCUT2D eigenvalue weighted by atomic mass is 79.9. The summed E-state index contributed by atoms with van der Waals surface area (Å²) in [5, 5.41) is 3.25. The molecule has 1 aromatic carbocycles. The van der Waals surface area contributed by atoms with Gasteiger partial charge in [0, 0.05) is 34.0 Å². The van der Waals surface area contributed by atoms with Crippen molar-refractivity contribution >= 4 is 15.9 Å². The van der Waals surface area contributed by atoms with Gasteiger partial charge in [-0.2, -0.15) is 0 Å². The predicted octanol–water partition coefficient (Wildman–Crippen LogP) is 4.01. The van der Waals surface area contributed by atoms with E-state index in [1.807, 2.05) is 19.3 Å². The fourth-order valence-electron chi connectivity index (χ4n) is 1.98. The molecule has 3 nitrogen and oxygen atoms in total. The summed E-state index contributed by atoms with van der Waals surface area (Å²) in [4.78, 5) is 4.15. The molecule has 0 saturated carbocycles. The summed E-state index contributed by atoms with van der Waals surface area (Å²) in [5.74, 6) is 0.923. The number of pyridine rings is 1. The third-order valence-corrected chi connectivity index (χ3v) is 3.66. The van der Waals surface area contributed by atoms with Gasteiger partial charge in [0.25, 0.3) is 0 Å². The second kappa shape index (κ2) is 6.86. The minimum absolute atomic E-state index is 0.256. The lowest BCUT2D eigenvalue weighted by atomic mass is 10.1. The fourth-order valence-corrected chi connectivity index (χ4v) is 2.39. The Morgan fingerprint density at radius 1 is 1.30 bits per heavy atom. The van der Waals surface area contributed by atoms with Gasteiger partial charge in [0.15, 0.2) is 0 Å². The maximum absolute atomic E-state index is 5.98. The first kappa shape index (κ1) is 15.0. The topological polar surface area (TPSA) is 34.1 Å². The maximum Gasteiger partial charge on any atom is 0.124 e. The van der Waals surface area contributed by atoms with Crippen LogP contribution in [-0.4, -0.2) is 12.0 Å². The van der Waals surface area contributed by atoms with Crippen molar-refractivity contribution in [2.24, 2.45) is 0 Å². The van der Waals surface area contributed by atoms with Gasteiger partial charge in [-0.3, -0.25) is 4.98 Å². The van der Waals surface area contributed by atoms with Crippen molar-refractivity contribution < 1.29 is 4.74 Å². The second-order valence-corrected chi connectivity index (χ2v) is 5.77. The number of ether oxygens (including phenoxy) is 1. The van der Waals surface area contributed by atoms with E-state index in [1.54, 1.807) is 6.20 Å². The number of hydrogen-bond donors (Lipinski definition) is 1. The molecule has 2 rings (SSSR count). The first-order valence-corrected chi connectivity index (χ1v) is 7.39. The zero-order valence-electron chi connectivity index (χ0n) is 12.0. The number of rotatable bonds is 5. The molecule has 0 aliphatic heterocycles. The molecule has 106 valence electrons. The normalized spacial score (nSPS) is 12.2. The van der Waals surface area contributed by atoms with Crippen LogP contribution in [0.3, 0.4) is 0 Å². The van der Waals surface area contributed by atoms with Crippen LogP contribution < -0.4 is 10.1 Å². The van der Waals surface area contributed by atoms with E-state index in [2.05, 4.69) is 58.3 Å². The zero-order chi connectivity index (χ0) is 14.5. The monoisotopic (exact) mass is 334 g/mol. The Morgan fingerprint density at radius 2 is 2.10 bits per heavy atom. The molecule has 0 aliphatic carbocycles. The third-order valence-electron chi connectivity index (χ3n) is 3.22. The molecule has 0 aliphatic rings. The molecule has 1 N–H and O–H groups in total. The van der Waals surface area contributed by atoms with Crippen LogP contribution in [0.4, 0.5) is 0 Å². The summed E-state index contributed by atoms with van der Waals surface area (Å²) in [5.41, 5.74) is 3.41. The lowest BCUT2D eigenvalue weighted by Gasteiger charge is -2.17. The van der Waals surface area contributed by atoms with E-state index in [9.17, 15) is 0 Å². The Balaban J connectivity index is 2.18. The summed E-state index contributed by atoms with van der Waals surface area (Å²) < 4.78 is 6.95. The summed E-state index contributed by atoms with van der Waals surface area (Å²) >= 11 is 3.42. The molecule has 1 atom stereocenters. The van der Waals surface area contributed by atoms with Crippen LogP contribution in [0.5, 0.6) is 5.75 Å². The van der Waals surface area contributed by atoms with Crippen LogP contribution in [0.2, 0.25) is 0 Å². The maximum atomic E-state index is 5.98. The average Bonchev–Trinajstić information content (AvgIpc) is 2.44. The first-order chi connectivity index (χ1) is 9.60. The quantitative estimate of drug-likeness (QED) is 0.896.